The smallest absolute Gasteiger partial charge is 0.319 e. The first-order valence-electron chi connectivity index (χ1n) is 5.26. The molecule has 17 heavy (non-hydrogen) atoms. The zero-order valence-corrected chi connectivity index (χ0v) is 10.8. The van der Waals surface area contributed by atoms with Crippen LogP contribution < -0.4 is 0 Å². The Morgan fingerprint density at radius 2 is 2.29 bits per heavy atom. The van der Waals surface area contributed by atoms with E-state index >= 15 is 0 Å². The summed E-state index contributed by atoms with van der Waals surface area (Å²) in [5, 5.41) is 4.35. The molecule has 0 aliphatic heterocycles. The molecule has 2 aromatic heterocycles. The molecule has 2 heterocycles. The molecule has 3 rings (SSSR count). The number of carbonyl (C=O) groups is 1. The van der Waals surface area contributed by atoms with E-state index in [0.717, 1.165) is 23.0 Å². The van der Waals surface area contributed by atoms with E-state index in [1.54, 1.807) is 4.52 Å². The Bertz CT molecular complexity index is 604. The molecule has 0 saturated heterocycles. The minimum absolute atomic E-state index is 0.243. The number of methoxy groups -OCH3 is 1. The molecule has 6 heteroatoms. The summed E-state index contributed by atoms with van der Waals surface area (Å²) in [7, 11) is 1.40. The summed E-state index contributed by atoms with van der Waals surface area (Å²) in [6.07, 6.45) is 3.34. The van der Waals surface area contributed by atoms with Gasteiger partial charge in [-0.15, -0.1) is 0 Å². The third-order valence-corrected chi connectivity index (χ3v) is 3.52. The Kier molecular flexibility index (Phi) is 2.22. The number of esters is 1. The maximum Gasteiger partial charge on any atom is 0.319 e. The lowest BCUT2D eigenvalue weighted by Gasteiger charge is -2.06. The monoisotopic (exact) mass is 295 g/mol. The topological polar surface area (TPSA) is 56.5 Å². The van der Waals surface area contributed by atoms with Crippen LogP contribution in [0.15, 0.2) is 22.8 Å². The molecule has 0 unspecified atom stereocenters. The second-order valence-electron chi connectivity index (χ2n) is 4.16. The lowest BCUT2D eigenvalue weighted by Crippen LogP contribution is -2.23. The molecule has 0 bridgehead atoms. The van der Waals surface area contributed by atoms with Gasteiger partial charge >= 0.3 is 5.97 Å². The van der Waals surface area contributed by atoms with Crippen molar-refractivity contribution in [3.05, 3.63) is 28.6 Å². The number of halogens is 1. The fraction of sp³-hybridized carbons (Fsp3) is 0.364. The number of fused-ring (bicyclic) bond motifs is 1. The molecule has 0 aromatic carbocycles. The average molecular weight is 296 g/mol. The van der Waals surface area contributed by atoms with E-state index in [1.165, 1.54) is 7.11 Å². The van der Waals surface area contributed by atoms with Gasteiger partial charge in [0.25, 0.3) is 0 Å². The first-order valence-corrected chi connectivity index (χ1v) is 6.06. The normalized spacial score (nSPS) is 17.1. The lowest BCUT2D eigenvalue weighted by atomic mass is 10.1. The van der Waals surface area contributed by atoms with Gasteiger partial charge in [0.05, 0.1) is 7.11 Å². The molecular weight excluding hydrogens is 286 g/mol. The minimum Gasteiger partial charge on any atom is -0.468 e. The largest absolute Gasteiger partial charge is 0.468 e. The van der Waals surface area contributed by atoms with Gasteiger partial charge in [-0.25, -0.2) is 9.50 Å². The average Bonchev–Trinajstić information content (AvgIpc) is 3.03. The number of carbonyl (C=O) groups excluding carboxylic acids is 1. The summed E-state index contributed by atoms with van der Waals surface area (Å²) in [6.45, 7) is 0. The molecule has 1 aliphatic carbocycles. The fourth-order valence-corrected chi connectivity index (χ4v) is 2.23. The van der Waals surface area contributed by atoms with Crippen LogP contribution in [0.5, 0.6) is 0 Å². The van der Waals surface area contributed by atoms with Crippen LogP contribution in [0.4, 0.5) is 0 Å². The Morgan fingerprint density at radius 3 is 2.94 bits per heavy atom. The minimum atomic E-state index is -0.604. The van der Waals surface area contributed by atoms with Gasteiger partial charge in [0.15, 0.2) is 11.5 Å². The Hall–Kier alpha value is -1.43. The molecule has 5 nitrogen and oxygen atoms in total. The van der Waals surface area contributed by atoms with E-state index in [2.05, 4.69) is 26.0 Å². The van der Waals surface area contributed by atoms with Gasteiger partial charge in [-0.2, -0.15) is 5.10 Å². The molecule has 2 aromatic rings. The maximum atomic E-state index is 11.7. The van der Waals surface area contributed by atoms with E-state index in [-0.39, 0.29) is 5.97 Å². The van der Waals surface area contributed by atoms with Crippen LogP contribution in [0.3, 0.4) is 0 Å². The molecular formula is C11H10BrN3O2. The SMILES string of the molecule is COC(=O)C1(c2nc3ccc(Br)cn3n2)CC1. The summed E-state index contributed by atoms with van der Waals surface area (Å²) < 4.78 is 7.40. The van der Waals surface area contributed by atoms with Crippen LogP contribution in [0.2, 0.25) is 0 Å². The summed E-state index contributed by atoms with van der Waals surface area (Å²) in [5.41, 5.74) is 0.131. The van der Waals surface area contributed by atoms with Crippen molar-refractivity contribution in [2.24, 2.45) is 0 Å². The Labute approximate surface area is 106 Å². The predicted molar refractivity (Wildman–Crippen MR) is 63.6 cm³/mol. The second-order valence-corrected chi connectivity index (χ2v) is 5.07. The molecule has 0 amide bonds. The molecule has 88 valence electrons. The standard InChI is InChI=1S/C11H10BrN3O2/c1-17-10(16)11(4-5-11)9-13-8-3-2-7(12)6-15(8)14-9/h2-3,6H,4-5H2,1H3. The van der Waals surface area contributed by atoms with E-state index in [0.29, 0.717) is 5.82 Å². The van der Waals surface area contributed by atoms with Gasteiger partial charge < -0.3 is 4.74 Å². The molecule has 1 fully saturated rings. The van der Waals surface area contributed by atoms with E-state index in [4.69, 9.17) is 4.74 Å². The van der Waals surface area contributed by atoms with E-state index < -0.39 is 5.41 Å². The van der Waals surface area contributed by atoms with Crippen LogP contribution in [-0.4, -0.2) is 27.7 Å². The molecule has 0 N–H and O–H groups in total. The lowest BCUT2D eigenvalue weighted by molar-refractivity contribution is -0.143. The predicted octanol–water partition coefficient (Wildman–Crippen LogP) is 1.70. The highest BCUT2D eigenvalue weighted by Gasteiger charge is 2.56. The summed E-state index contributed by atoms with van der Waals surface area (Å²) in [6, 6.07) is 3.75. The second kappa shape index (κ2) is 3.53. The quantitative estimate of drug-likeness (QED) is 0.791. The van der Waals surface area contributed by atoms with E-state index in [9.17, 15) is 4.79 Å². The molecule has 0 atom stereocenters. The van der Waals surface area contributed by atoms with Crippen molar-refractivity contribution in [3.63, 3.8) is 0 Å². The highest BCUT2D eigenvalue weighted by Crippen LogP contribution is 2.47. The highest BCUT2D eigenvalue weighted by molar-refractivity contribution is 9.10. The van der Waals surface area contributed by atoms with Gasteiger partial charge in [0.1, 0.15) is 5.41 Å². The number of nitrogens with zero attached hydrogens (tertiary/aromatic N) is 3. The van der Waals surface area contributed by atoms with Gasteiger partial charge in [-0.05, 0) is 40.9 Å². The van der Waals surface area contributed by atoms with Gasteiger partial charge in [0, 0.05) is 10.7 Å². The highest BCUT2D eigenvalue weighted by atomic mass is 79.9. The first-order chi connectivity index (χ1) is 8.15. The zero-order valence-electron chi connectivity index (χ0n) is 9.18. The molecule has 1 aliphatic rings. The maximum absolute atomic E-state index is 11.7. The van der Waals surface area contributed by atoms with Crippen molar-refractivity contribution < 1.29 is 9.53 Å². The number of aromatic nitrogens is 3. The third-order valence-electron chi connectivity index (χ3n) is 3.05. The van der Waals surface area contributed by atoms with Crippen molar-refractivity contribution >= 4 is 27.5 Å². The molecule has 1 saturated carbocycles. The molecule has 0 radical (unpaired) electrons. The number of hydrogen-bond acceptors (Lipinski definition) is 4. The van der Waals surface area contributed by atoms with Gasteiger partial charge in [-0.3, -0.25) is 4.79 Å². The zero-order chi connectivity index (χ0) is 12.0. The summed E-state index contributed by atoms with van der Waals surface area (Å²) in [4.78, 5) is 16.1. The van der Waals surface area contributed by atoms with Crippen LogP contribution in [0.25, 0.3) is 5.65 Å². The van der Waals surface area contributed by atoms with Gasteiger partial charge in [-0.1, -0.05) is 0 Å². The van der Waals surface area contributed by atoms with Crippen molar-refractivity contribution in [3.8, 4) is 0 Å². The van der Waals surface area contributed by atoms with Crippen LogP contribution in [-0.2, 0) is 14.9 Å². The van der Waals surface area contributed by atoms with Crippen LogP contribution in [0.1, 0.15) is 18.7 Å². The number of ether oxygens (including phenoxy) is 1. The number of rotatable bonds is 2. The van der Waals surface area contributed by atoms with Gasteiger partial charge in [0.2, 0.25) is 0 Å². The van der Waals surface area contributed by atoms with Crippen molar-refractivity contribution in [1.82, 2.24) is 14.6 Å². The summed E-state index contributed by atoms with van der Waals surface area (Å²) in [5.74, 6) is 0.315. The number of hydrogen-bond donors (Lipinski definition) is 0. The summed E-state index contributed by atoms with van der Waals surface area (Å²) >= 11 is 3.37. The van der Waals surface area contributed by atoms with Crippen molar-refractivity contribution in [2.45, 2.75) is 18.3 Å². The Morgan fingerprint density at radius 1 is 1.53 bits per heavy atom. The van der Waals surface area contributed by atoms with Crippen LogP contribution >= 0.6 is 15.9 Å². The number of pyridine rings is 1. The first kappa shape index (κ1) is 10.7. The Balaban J connectivity index is 2.10. The van der Waals surface area contributed by atoms with Crippen molar-refractivity contribution in [1.29, 1.82) is 0 Å². The van der Waals surface area contributed by atoms with Crippen molar-refractivity contribution in [2.75, 3.05) is 7.11 Å². The molecule has 0 spiro atoms. The fourth-order valence-electron chi connectivity index (χ4n) is 1.90. The van der Waals surface area contributed by atoms with Crippen LogP contribution in [0, 0.1) is 0 Å². The van der Waals surface area contributed by atoms with E-state index in [1.807, 2.05) is 18.3 Å². The third kappa shape index (κ3) is 1.55.